The van der Waals surface area contributed by atoms with Gasteiger partial charge in [0.15, 0.2) is 5.65 Å². The minimum atomic E-state index is 0.143. The van der Waals surface area contributed by atoms with Crippen molar-refractivity contribution < 1.29 is 0 Å². The average Bonchev–Trinajstić information content (AvgIpc) is 2.44. The van der Waals surface area contributed by atoms with Crippen LogP contribution in [0, 0.1) is 0 Å². The quantitative estimate of drug-likeness (QED) is 0.729. The van der Waals surface area contributed by atoms with E-state index in [-0.39, 0.29) is 6.04 Å². The molecule has 13 heavy (non-hydrogen) atoms. The second-order valence-electron chi connectivity index (χ2n) is 3.24. The molecule has 68 valence electrons. The molecule has 0 bridgehead atoms. The zero-order chi connectivity index (χ0) is 9.26. The number of nitrogens with two attached hydrogens (primary N) is 1. The molecule has 0 saturated heterocycles. The highest BCUT2D eigenvalue weighted by atomic mass is 15.2. The number of fused-ring (bicyclic) bond motifs is 1. The van der Waals surface area contributed by atoms with E-state index in [4.69, 9.17) is 5.73 Å². The fourth-order valence-corrected chi connectivity index (χ4v) is 1.31. The summed E-state index contributed by atoms with van der Waals surface area (Å²) in [6.45, 7) is 1.97. The lowest BCUT2D eigenvalue weighted by Gasteiger charge is -1.98. The van der Waals surface area contributed by atoms with Gasteiger partial charge in [-0.15, -0.1) is 0 Å². The van der Waals surface area contributed by atoms with Gasteiger partial charge >= 0.3 is 0 Å². The van der Waals surface area contributed by atoms with Gasteiger partial charge in [0.05, 0.1) is 5.69 Å². The Labute approximate surface area is 76.4 Å². The smallest absolute Gasteiger partial charge is 0.155 e. The molecule has 0 aliphatic heterocycles. The molecule has 0 aliphatic carbocycles. The van der Waals surface area contributed by atoms with Gasteiger partial charge in [0.2, 0.25) is 0 Å². The maximum Gasteiger partial charge on any atom is 0.155 e. The molecule has 0 unspecified atom stereocenters. The summed E-state index contributed by atoms with van der Waals surface area (Å²) < 4.78 is 1.76. The van der Waals surface area contributed by atoms with E-state index in [9.17, 15) is 0 Å². The van der Waals surface area contributed by atoms with Gasteiger partial charge in [-0.2, -0.15) is 5.10 Å². The summed E-state index contributed by atoms with van der Waals surface area (Å²) in [5, 5.41) is 4.33. The maximum absolute atomic E-state index is 5.68. The van der Waals surface area contributed by atoms with Gasteiger partial charge in [-0.1, -0.05) is 0 Å². The normalized spacial score (nSPS) is 13.4. The van der Waals surface area contributed by atoms with Crippen LogP contribution in [-0.2, 0) is 6.42 Å². The van der Waals surface area contributed by atoms with E-state index >= 15 is 0 Å². The number of aromatic nitrogens is 3. The fourth-order valence-electron chi connectivity index (χ4n) is 1.31. The molecule has 0 fully saturated rings. The summed E-state index contributed by atoms with van der Waals surface area (Å²) in [4.78, 5) is 4.17. The van der Waals surface area contributed by atoms with Crippen molar-refractivity contribution in [2.24, 2.45) is 5.73 Å². The van der Waals surface area contributed by atoms with Crippen LogP contribution in [0.2, 0.25) is 0 Å². The van der Waals surface area contributed by atoms with E-state index in [0.717, 1.165) is 17.8 Å². The van der Waals surface area contributed by atoms with Crippen LogP contribution in [0.3, 0.4) is 0 Å². The molecule has 4 heteroatoms. The first-order chi connectivity index (χ1) is 6.25. The molecule has 0 spiro atoms. The fraction of sp³-hybridized carbons (Fsp3) is 0.333. The first-order valence-electron chi connectivity index (χ1n) is 4.30. The van der Waals surface area contributed by atoms with Crippen molar-refractivity contribution in [1.29, 1.82) is 0 Å². The third-order valence-corrected chi connectivity index (χ3v) is 1.82. The predicted molar refractivity (Wildman–Crippen MR) is 50.3 cm³/mol. The Morgan fingerprint density at radius 1 is 1.62 bits per heavy atom. The monoisotopic (exact) mass is 176 g/mol. The van der Waals surface area contributed by atoms with Crippen LogP contribution >= 0.6 is 0 Å². The van der Waals surface area contributed by atoms with Crippen molar-refractivity contribution in [2.45, 2.75) is 19.4 Å². The van der Waals surface area contributed by atoms with Gasteiger partial charge in [-0.25, -0.2) is 9.50 Å². The van der Waals surface area contributed by atoms with E-state index in [0.29, 0.717) is 0 Å². The lowest BCUT2D eigenvalue weighted by molar-refractivity contribution is 0.712. The molecule has 0 radical (unpaired) electrons. The van der Waals surface area contributed by atoms with Gasteiger partial charge in [-0.05, 0) is 13.0 Å². The Morgan fingerprint density at radius 3 is 3.15 bits per heavy atom. The molecule has 4 nitrogen and oxygen atoms in total. The van der Waals surface area contributed by atoms with Crippen molar-refractivity contribution in [3.05, 3.63) is 30.2 Å². The standard InChI is InChI=1S/C9H12N4/c1-7(10)5-8-6-9-11-3-2-4-13(9)12-8/h2-4,6-7H,5,10H2,1H3/t7-/m0/s1. The van der Waals surface area contributed by atoms with Crippen LogP contribution in [0.15, 0.2) is 24.5 Å². The molecular weight excluding hydrogens is 164 g/mol. The zero-order valence-corrected chi connectivity index (χ0v) is 7.51. The zero-order valence-electron chi connectivity index (χ0n) is 7.51. The maximum atomic E-state index is 5.68. The largest absolute Gasteiger partial charge is 0.328 e. The topological polar surface area (TPSA) is 56.2 Å². The van der Waals surface area contributed by atoms with Crippen LogP contribution in [0.5, 0.6) is 0 Å². The Kier molecular flexibility index (Phi) is 1.98. The highest BCUT2D eigenvalue weighted by Crippen LogP contribution is 2.04. The van der Waals surface area contributed by atoms with Gasteiger partial charge in [0, 0.05) is 30.9 Å². The number of hydrogen-bond donors (Lipinski definition) is 1. The van der Waals surface area contributed by atoms with Gasteiger partial charge in [0.1, 0.15) is 0 Å². The van der Waals surface area contributed by atoms with E-state index in [1.807, 2.05) is 25.3 Å². The summed E-state index contributed by atoms with van der Waals surface area (Å²) in [6.07, 6.45) is 4.43. The number of hydrogen-bond acceptors (Lipinski definition) is 3. The first-order valence-corrected chi connectivity index (χ1v) is 4.30. The van der Waals surface area contributed by atoms with Crippen LogP contribution in [0.25, 0.3) is 5.65 Å². The average molecular weight is 176 g/mol. The molecule has 2 aromatic heterocycles. The van der Waals surface area contributed by atoms with E-state index in [2.05, 4.69) is 10.1 Å². The molecule has 1 atom stereocenters. The minimum Gasteiger partial charge on any atom is -0.328 e. The Balaban J connectivity index is 2.38. The Morgan fingerprint density at radius 2 is 2.46 bits per heavy atom. The molecule has 2 aromatic rings. The molecule has 2 N–H and O–H groups in total. The van der Waals surface area contributed by atoms with Crippen LogP contribution < -0.4 is 5.73 Å². The molecule has 2 heterocycles. The summed E-state index contributed by atoms with van der Waals surface area (Å²) >= 11 is 0. The molecule has 2 rings (SSSR count). The van der Waals surface area contributed by atoms with Crippen molar-refractivity contribution in [3.63, 3.8) is 0 Å². The van der Waals surface area contributed by atoms with E-state index < -0.39 is 0 Å². The third kappa shape index (κ3) is 1.67. The third-order valence-electron chi connectivity index (χ3n) is 1.82. The summed E-state index contributed by atoms with van der Waals surface area (Å²) in [7, 11) is 0. The van der Waals surface area contributed by atoms with Crippen molar-refractivity contribution >= 4 is 5.65 Å². The van der Waals surface area contributed by atoms with Gasteiger partial charge in [-0.3, -0.25) is 0 Å². The van der Waals surface area contributed by atoms with Crippen LogP contribution in [0.4, 0.5) is 0 Å². The van der Waals surface area contributed by atoms with Gasteiger partial charge in [0.25, 0.3) is 0 Å². The highest BCUT2D eigenvalue weighted by Gasteiger charge is 2.03. The number of rotatable bonds is 2. The van der Waals surface area contributed by atoms with Crippen LogP contribution in [-0.4, -0.2) is 20.6 Å². The molecule has 0 saturated carbocycles. The first kappa shape index (κ1) is 8.19. The van der Waals surface area contributed by atoms with E-state index in [1.165, 1.54) is 0 Å². The van der Waals surface area contributed by atoms with Crippen molar-refractivity contribution in [2.75, 3.05) is 0 Å². The summed E-state index contributed by atoms with van der Waals surface area (Å²) in [5.74, 6) is 0. The summed E-state index contributed by atoms with van der Waals surface area (Å²) in [6, 6.07) is 3.96. The number of nitrogens with zero attached hydrogens (tertiary/aromatic N) is 3. The van der Waals surface area contributed by atoms with Crippen LogP contribution in [0.1, 0.15) is 12.6 Å². The van der Waals surface area contributed by atoms with E-state index in [1.54, 1.807) is 10.7 Å². The lowest BCUT2D eigenvalue weighted by atomic mass is 10.2. The Bertz CT molecular complexity index is 372. The predicted octanol–water partition coefficient (Wildman–Crippen LogP) is 0.619. The highest BCUT2D eigenvalue weighted by molar-refractivity contribution is 5.38. The van der Waals surface area contributed by atoms with Gasteiger partial charge < -0.3 is 5.73 Å². The Hall–Kier alpha value is -1.42. The lowest BCUT2D eigenvalue weighted by Crippen LogP contribution is -2.17. The SMILES string of the molecule is C[C@H](N)Cc1cc2ncccn2n1. The van der Waals surface area contributed by atoms with Crippen molar-refractivity contribution in [1.82, 2.24) is 14.6 Å². The van der Waals surface area contributed by atoms with Crippen molar-refractivity contribution in [3.8, 4) is 0 Å². The second kappa shape index (κ2) is 3.14. The summed E-state index contributed by atoms with van der Waals surface area (Å²) in [5.41, 5.74) is 7.54. The second-order valence-corrected chi connectivity index (χ2v) is 3.24. The molecule has 0 amide bonds. The molecule has 0 aromatic carbocycles. The molecular formula is C9H12N4. The molecule has 0 aliphatic rings. The minimum absolute atomic E-state index is 0.143.